The zero-order valence-corrected chi connectivity index (χ0v) is 7.19. The zero-order valence-electron chi connectivity index (χ0n) is 7.19. The minimum atomic E-state index is -0.0554. The molecule has 0 amide bonds. The summed E-state index contributed by atoms with van der Waals surface area (Å²) in [5.74, 6) is 6.03. The van der Waals surface area contributed by atoms with Crippen LogP contribution in [-0.2, 0) is 9.47 Å². The average Bonchev–Trinajstić information content (AvgIpc) is 2.69. The Labute approximate surface area is 77.5 Å². The third-order valence-electron chi connectivity index (χ3n) is 1.77. The van der Waals surface area contributed by atoms with E-state index in [1.807, 2.05) is 30.3 Å². The van der Waals surface area contributed by atoms with E-state index in [0.717, 1.165) is 5.56 Å². The first-order chi connectivity index (χ1) is 6.45. The van der Waals surface area contributed by atoms with Gasteiger partial charge in [0.05, 0.1) is 6.61 Å². The summed E-state index contributed by atoms with van der Waals surface area (Å²) < 4.78 is 10.2. The predicted molar refractivity (Wildman–Crippen MR) is 49.0 cm³/mol. The van der Waals surface area contributed by atoms with Crippen molar-refractivity contribution < 1.29 is 9.47 Å². The molecule has 0 aromatic heterocycles. The van der Waals surface area contributed by atoms with Gasteiger partial charge >= 0.3 is 0 Å². The molecule has 1 saturated heterocycles. The van der Waals surface area contributed by atoms with Gasteiger partial charge in [-0.3, -0.25) is 0 Å². The normalized spacial score (nSPS) is 20.8. The Morgan fingerprint density at radius 1 is 1.23 bits per heavy atom. The van der Waals surface area contributed by atoms with Crippen molar-refractivity contribution in [3.63, 3.8) is 0 Å². The van der Waals surface area contributed by atoms with Gasteiger partial charge in [0.1, 0.15) is 12.9 Å². The molecule has 1 fully saturated rings. The summed E-state index contributed by atoms with van der Waals surface area (Å²) in [6, 6.07) is 9.86. The van der Waals surface area contributed by atoms with Gasteiger partial charge in [-0.1, -0.05) is 30.0 Å². The van der Waals surface area contributed by atoms with Crippen molar-refractivity contribution >= 4 is 0 Å². The Morgan fingerprint density at radius 3 is 2.77 bits per heavy atom. The maximum Gasteiger partial charge on any atom is 0.148 e. The maximum absolute atomic E-state index is 5.18. The van der Waals surface area contributed by atoms with E-state index < -0.39 is 0 Å². The van der Waals surface area contributed by atoms with Gasteiger partial charge in [-0.05, 0) is 12.1 Å². The van der Waals surface area contributed by atoms with Gasteiger partial charge in [0, 0.05) is 5.56 Å². The molecule has 1 aliphatic rings. The molecule has 1 aromatic rings. The largest absolute Gasteiger partial charge is 0.352 e. The average molecular weight is 174 g/mol. The molecule has 66 valence electrons. The van der Waals surface area contributed by atoms with Gasteiger partial charge in [0.2, 0.25) is 0 Å². The van der Waals surface area contributed by atoms with E-state index in [0.29, 0.717) is 13.4 Å². The van der Waals surface area contributed by atoms with Gasteiger partial charge < -0.3 is 9.47 Å². The molecule has 2 heteroatoms. The van der Waals surface area contributed by atoms with Crippen molar-refractivity contribution in [2.75, 3.05) is 13.4 Å². The SMILES string of the molecule is C(#C[C@@H]1COCO1)c1ccccc1. The fourth-order valence-electron chi connectivity index (χ4n) is 1.10. The molecule has 0 unspecified atom stereocenters. The summed E-state index contributed by atoms with van der Waals surface area (Å²) in [6.07, 6.45) is -0.0554. The van der Waals surface area contributed by atoms with Crippen LogP contribution in [0.15, 0.2) is 30.3 Å². The smallest absolute Gasteiger partial charge is 0.148 e. The molecule has 0 bridgehead atoms. The van der Waals surface area contributed by atoms with E-state index in [2.05, 4.69) is 11.8 Å². The molecule has 13 heavy (non-hydrogen) atoms. The van der Waals surface area contributed by atoms with Crippen LogP contribution < -0.4 is 0 Å². The molecular weight excluding hydrogens is 164 g/mol. The van der Waals surface area contributed by atoms with Gasteiger partial charge in [-0.15, -0.1) is 0 Å². The highest BCUT2D eigenvalue weighted by atomic mass is 16.7. The Bertz CT molecular complexity index is 315. The number of rotatable bonds is 0. The Balaban J connectivity index is 2.03. The van der Waals surface area contributed by atoms with Crippen LogP contribution in [-0.4, -0.2) is 19.5 Å². The molecule has 2 rings (SSSR count). The minimum Gasteiger partial charge on any atom is -0.352 e. The lowest BCUT2D eigenvalue weighted by molar-refractivity contribution is 0.0589. The topological polar surface area (TPSA) is 18.5 Å². The molecule has 1 aromatic carbocycles. The second kappa shape index (κ2) is 4.08. The Kier molecular flexibility index (Phi) is 2.61. The molecule has 0 saturated carbocycles. The van der Waals surface area contributed by atoms with Gasteiger partial charge in [0.15, 0.2) is 0 Å². The van der Waals surface area contributed by atoms with E-state index in [1.54, 1.807) is 0 Å². The highest BCUT2D eigenvalue weighted by Crippen LogP contribution is 2.02. The standard InChI is InChI=1S/C11H10O2/c1-2-4-10(5-3-1)6-7-11-8-12-9-13-11/h1-5,11H,8-9H2/t11-/m1/s1. The Morgan fingerprint density at radius 2 is 2.08 bits per heavy atom. The molecule has 1 aliphatic heterocycles. The fourth-order valence-corrected chi connectivity index (χ4v) is 1.10. The fraction of sp³-hybridized carbons (Fsp3) is 0.273. The quantitative estimate of drug-likeness (QED) is 0.554. The van der Waals surface area contributed by atoms with Crippen molar-refractivity contribution in [2.45, 2.75) is 6.10 Å². The lowest BCUT2D eigenvalue weighted by Crippen LogP contribution is -2.04. The third kappa shape index (κ3) is 2.32. The zero-order chi connectivity index (χ0) is 8.93. The van der Waals surface area contributed by atoms with Crippen molar-refractivity contribution in [3.05, 3.63) is 35.9 Å². The van der Waals surface area contributed by atoms with Crippen LogP contribution in [0.2, 0.25) is 0 Å². The van der Waals surface area contributed by atoms with Crippen LogP contribution in [0.5, 0.6) is 0 Å². The monoisotopic (exact) mass is 174 g/mol. The lowest BCUT2D eigenvalue weighted by atomic mass is 10.2. The molecule has 0 N–H and O–H groups in total. The predicted octanol–water partition coefficient (Wildman–Crippen LogP) is 1.41. The van der Waals surface area contributed by atoms with Crippen molar-refractivity contribution in [3.8, 4) is 11.8 Å². The maximum atomic E-state index is 5.18. The van der Waals surface area contributed by atoms with Gasteiger partial charge in [0.25, 0.3) is 0 Å². The van der Waals surface area contributed by atoms with Crippen molar-refractivity contribution in [1.82, 2.24) is 0 Å². The number of hydrogen-bond donors (Lipinski definition) is 0. The number of ether oxygens (including phenoxy) is 2. The van der Waals surface area contributed by atoms with Crippen LogP contribution in [0, 0.1) is 11.8 Å². The van der Waals surface area contributed by atoms with Gasteiger partial charge in [-0.25, -0.2) is 0 Å². The van der Waals surface area contributed by atoms with Crippen LogP contribution in [0.25, 0.3) is 0 Å². The third-order valence-corrected chi connectivity index (χ3v) is 1.77. The summed E-state index contributed by atoms with van der Waals surface area (Å²) in [4.78, 5) is 0. The van der Waals surface area contributed by atoms with Gasteiger partial charge in [-0.2, -0.15) is 0 Å². The second-order valence-electron chi connectivity index (χ2n) is 2.78. The molecule has 0 aliphatic carbocycles. The van der Waals surface area contributed by atoms with Crippen LogP contribution in [0.3, 0.4) is 0 Å². The summed E-state index contributed by atoms with van der Waals surface area (Å²) >= 11 is 0. The summed E-state index contributed by atoms with van der Waals surface area (Å²) in [5, 5.41) is 0. The van der Waals surface area contributed by atoms with E-state index in [9.17, 15) is 0 Å². The number of benzene rings is 1. The summed E-state index contributed by atoms with van der Waals surface area (Å²) in [7, 11) is 0. The molecule has 1 atom stereocenters. The summed E-state index contributed by atoms with van der Waals surface area (Å²) in [6.45, 7) is 0.952. The first-order valence-corrected chi connectivity index (χ1v) is 4.21. The van der Waals surface area contributed by atoms with E-state index in [1.165, 1.54) is 0 Å². The number of hydrogen-bond acceptors (Lipinski definition) is 2. The van der Waals surface area contributed by atoms with Crippen LogP contribution >= 0.6 is 0 Å². The van der Waals surface area contributed by atoms with Crippen molar-refractivity contribution in [1.29, 1.82) is 0 Å². The molecule has 0 spiro atoms. The van der Waals surface area contributed by atoms with Crippen LogP contribution in [0.1, 0.15) is 5.56 Å². The second-order valence-corrected chi connectivity index (χ2v) is 2.78. The van der Waals surface area contributed by atoms with E-state index >= 15 is 0 Å². The lowest BCUT2D eigenvalue weighted by Gasteiger charge is -1.94. The van der Waals surface area contributed by atoms with E-state index in [-0.39, 0.29) is 6.10 Å². The molecule has 0 radical (unpaired) electrons. The Hall–Kier alpha value is -1.30. The highest BCUT2D eigenvalue weighted by molar-refractivity contribution is 5.34. The minimum absolute atomic E-state index is 0.0554. The first kappa shape index (κ1) is 8.31. The molecular formula is C11H10O2. The van der Waals surface area contributed by atoms with Crippen molar-refractivity contribution in [2.24, 2.45) is 0 Å². The first-order valence-electron chi connectivity index (χ1n) is 4.21. The van der Waals surface area contributed by atoms with Crippen LogP contribution in [0.4, 0.5) is 0 Å². The van der Waals surface area contributed by atoms with E-state index in [4.69, 9.17) is 9.47 Å². The molecule has 2 nitrogen and oxygen atoms in total. The summed E-state index contributed by atoms with van der Waals surface area (Å²) in [5.41, 5.74) is 1.01. The highest BCUT2D eigenvalue weighted by Gasteiger charge is 2.11. The molecule has 1 heterocycles.